The summed E-state index contributed by atoms with van der Waals surface area (Å²) in [4.78, 5) is 11.6. The van der Waals surface area contributed by atoms with Gasteiger partial charge in [0.15, 0.2) is 10.6 Å². The Morgan fingerprint density at radius 2 is 2.00 bits per heavy atom. The van der Waals surface area contributed by atoms with Crippen molar-refractivity contribution in [1.82, 2.24) is 0 Å². The Labute approximate surface area is 112 Å². The van der Waals surface area contributed by atoms with Gasteiger partial charge in [-0.25, -0.2) is 4.79 Å². The van der Waals surface area contributed by atoms with E-state index in [1.807, 2.05) is 0 Å². The number of methoxy groups -OCH3 is 1. The third-order valence-electron chi connectivity index (χ3n) is 2.10. The van der Waals surface area contributed by atoms with E-state index in [2.05, 4.69) is 8.92 Å². The summed E-state index contributed by atoms with van der Waals surface area (Å²) >= 11 is 1.07. The molecule has 0 amide bonds. The van der Waals surface area contributed by atoms with Crippen LogP contribution in [0.4, 0.5) is 0 Å². The molecule has 2 rings (SSSR count). The number of carbonyl (C=O) groups excluding carboxylic acids is 1. The van der Waals surface area contributed by atoms with Gasteiger partial charge in [-0.2, -0.15) is 8.42 Å². The first-order valence-electron chi connectivity index (χ1n) is 4.66. The lowest BCUT2D eigenvalue weighted by molar-refractivity contribution is 0.0605. The van der Waals surface area contributed by atoms with Gasteiger partial charge in [0.2, 0.25) is 0 Å². The largest absolute Gasteiger partial charge is 0.465 e. The Morgan fingerprint density at radius 3 is 2.61 bits per heavy atom. The minimum Gasteiger partial charge on any atom is -0.465 e. The fourth-order valence-electron chi connectivity index (χ4n) is 1.43. The van der Waals surface area contributed by atoms with Gasteiger partial charge in [-0.3, -0.25) is 0 Å². The van der Waals surface area contributed by atoms with Crippen molar-refractivity contribution in [3.8, 4) is 5.75 Å². The van der Waals surface area contributed by atoms with Crippen molar-refractivity contribution < 1.29 is 22.1 Å². The summed E-state index contributed by atoms with van der Waals surface area (Å²) in [5.41, 5.74) is 0. The molecule has 0 saturated heterocycles. The van der Waals surface area contributed by atoms with Crippen LogP contribution < -0.4 is 4.18 Å². The molecule has 0 bridgehead atoms. The van der Waals surface area contributed by atoms with E-state index in [0.717, 1.165) is 11.3 Å². The molecule has 0 unspecified atom stereocenters. The van der Waals surface area contributed by atoms with Crippen LogP contribution in [0.2, 0.25) is 0 Å². The Morgan fingerprint density at radius 1 is 1.33 bits per heavy atom. The molecule has 18 heavy (non-hydrogen) atoms. The van der Waals surface area contributed by atoms with Gasteiger partial charge < -0.3 is 8.92 Å². The SMILES string of the molecule is COC(=O)c1sc2ccccc2c1OS(=O)(=O)Cl. The fraction of sp³-hybridized carbons (Fsp3) is 0.100. The van der Waals surface area contributed by atoms with Crippen LogP contribution in [0.5, 0.6) is 5.75 Å². The molecule has 0 spiro atoms. The number of ether oxygens (including phenoxy) is 1. The summed E-state index contributed by atoms with van der Waals surface area (Å²) < 4.78 is 31.9. The van der Waals surface area contributed by atoms with Gasteiger partial charge in [-0.05, 0) is 12.1 Å². The maximum Gasteiger partial charge on any atom is 0.401 e. The van der Waals surface area contributed by atoms with Gasteiger partial charge in [0.05, 0.1) is 17.8 Å². The third kappa shape index (κ3) is 2.58. The first-order chi connectivity index (χ1) is 8.42. The summed E-state index contributed by atoms with van der Waals surface area (Å²) in [5, 5.41) is 0.493. The van der Waals surface area contributed by atoms with Gasteiger partial charge in [0.25, 0.3) is 0 Å². The molecular weight excluding hydrogens is 300 g/mol. The molecule has 0 saturated carbocycles. The van der Waals surface area contributed by atoms with E-state index in [1.54, 1.807) is 24.3 Å². The van der Waals surface area contributed by atoms with Gasteiger partial charge in [-0.1, -0.05) is 12.1 Å². The summed E-state index contributed by atoms with van der Waals surface area (Å²) in [5.74, 6) is -0.774. The first-order valence-corrected chi connectivity index (χ1v) is 7.71. The molecule has 1 aromatic heterocycles. The second-order valence-electron chi connectivity index (χ2n) is 3.22. The van der Waals surface area contributed by atoms with Crippen molar-refractivity contribution in [2.45, 2.75) is 0 Å². The number of halogens is 1. The Balaban J connectivity index is 2.69. The zero-order valence-electron chi connectivity index (χ0n) is 9.05. The van der Waals surface area contributed by atoms with E-state index in [1.165, 1.54) is 7.11 Å². The highest BCUT2D eigenvalue weighted by molar-refractivity contribution is 8.10. The molecular formula is C10H7ClO5S2. The van der Waals surface area contributed by atoms with Crippen molar-refractivity contribution in [2.75, 3.05) is 7.11 Å². The topological polar surface area (TPSA) is 69.7 Å². The van der Waals surface area contributed by atoms with Gasteiger partial charge in [0, 0.05) is 10.1 Å². The summed E-state index contributed by atoms with van der Waals surface area (Å²) in [6, 6.07) is 6.83. The van der Waals surface area contributed by atoms with Crippen LogP contribution in [-0.2, 0) is 14.1 Å². The first kappa shape index (κ1) is 13.1. The number of rotatable bonds is 3. The molecule has 5 nitrogen and oxygen atoms in total. The normalized spacial score (nSPS) is 11.4. The average Bonchev–Trinajstić information content (AvgIpc) is 2.65. The highest BCUT2D eigenvalue weighted by atomic mass is 35.7. The Bertz CT molecular complexity index is 704. The maximum atomic E-state index is 11.6. The van der Waals surface area contributed by atoms with E-state index in [-0.39, 0.29) is 10.6 Å². The molecule has 0 radical (unpaired) electrons. The highest BCUT2D eigenvalue weighted by Crippen LogP contribution is 2.39. The maximum absolute atomic E-state index is 11.6. The number of esters is 1. The van der Waals surface area contributed by atoms with Crippen LogP contribution in [0.15, 0.2) is 24.3 Å². The smallest absolute Gasteiger partial charge is 0.401 e. The molecule has 1 aromatic carbocycles. The zero-order valence-corrected chi connectivity index (χ0v) is 11.4. The fourth-order valence-corrected chi connectivity index (χ4v) is 3.09. The molecule has 0 N–H and O–H groups in total. The van der Waals surface area contributed by atoms with Crippen LogP contribution in [0.1, 0.15) is 9.67 Å². The second kappa shape index (κ2) is 4.75. The number of carbonyl (C=O) groups is 1. The van der Waals surface area contributed by atoms with Crippen LogP contribution >= 0.6 is 22.0 Å². The van der Waals surface area contributed by atoms with Crippen LogP contribution in [0, 0.1) is 0 Å². The van der Waals surface area contributed by atoms with Crippen LogP contribution in [-0.4, -0.2) is 21.5 Å². The number of hydrogen-bond acceptors (Lipinski definition) is 6. The van der Waals surface area contributed by atoms with E-state index >= 15 is 0 Å². The predicted octanol–water partition coefficient (Wildman–Crippen LogP) is 2.55. The van der Waals surface area contributed by atoms with Crippen LogP contribution in [0.25, 0.3) is 10.1 Å². The quantitative estimate of drug-likeness (QED) is 0.644. The molecule has 0 aliphatic heterocycles. The minimum atomic E-state index is -4.23. The predicted molar refractivity (Wildman–Crippen MR) is 68.6 cm³/mol. The van der Waals surface area contributed by atoms with E-state index in [4.69, 9.17) is 10.7 Å². The molecule has 1 heterocycles. The van der Waals surface area contributed by atoms with Crippen molar-refractivity contribution in [3.63, 3.8) is 0 Å². The van der Waals surface area contributed by atoms with E-state index < -0.39 is 15.3 Å². The summed E-state index contributed by atoms with van der Waals surface area (Å²) in [6.45, 7) is 0. The van der Waals surface area contributed by atoms with Crippen molar-refractivity contribution in [3.05, 3.63) is 29.1 Å². The standard InChI is InChI=1S/C10H7ClO5S2/c1-15-10(12)9-8(16-18(11,13)14)6-4-2-3-5-7(6)17-9/h2-5H,1H3. The molecule has 0 aliphatic rings. The molecule has 96 valence electrons. The minimum absolute atomic E-state index is 0.0583. The number of thiophene rings is 1. The zero-order chi connectivity index (χ0) is 13.3. The van der Waals surface area contributed by atoms with Gasteiger partial charge >= 0.3 is 15.3 Å². The monoisotopic (exact) mass is 306 g/mol. The lowest BCUT2D eigenvalue weighted by atomic mass is 10.2. The van der Waals surface area contributed by atoms with E-state index in [9.17, 15) is 13.2 Å². The van der Waals surface area contributed by atoms with Crippen molar-refractivity contribution in [1.29, 1.82) is 0 Å². The third-order valence-corrected chi connectivity index (χ3v) is 3.79. The molecule has 8 heteroatoms. The Kier molecular flexibility index (Phi) is 3.47. The molecule has 2 aromatic rings. The molecule has 0 aliphatic carbocycles. The Hall–Kier alpha value is -1.31. The van der Waals surface area contributed by atoms with Crippen molar-refractivity contribution >= 4 is 47.4 Å². The molecule has 0 fully saturated rings. The number of fused-ring (bicyclic) bond motifs is 1. The molecule has 0 atom stereocenters. The lowest BCUT2D eigenvalue weighted by Crippen LogP contribution is -2.05. The lowest BCUT2D eigenvalue weighted by Gasteiger charge is -2.02. The summed E-state index contributed by atoms with van der Waals surface area (Å²) in [7, 11) is 2.02. The summed E-state index contributed by atoms with van der Waals surface area (Å²) in [6.07, 6.45) is 0. The highest BCUT2D eigenvalue weighted by Gasteiger charge is 2.23. The van der Waals surface area contributed by atoms with Crippen LogP contribution in [0.3, 0.4) is 0 Å². The average molecular weight is 307 g/mol. The van der Waals surface area contributed by atoms with E-state index in [0.29, 0.717) is 10.1 Å². The second-order valence-corrected chi connectivity index (χ2v) is 6.36. The number of benzene rings is 1. The number of hydrogen-bond donors (Lipinski definition) is 0. The van der Waals surface area contributed by atoms with Gasteiger partial charge in [0.1, 0.15) is 0 Å². The van der Waals surface area contributed by atoms with Crippen molar-refractivity contribution in [2.24, 2.45) is 0 Å². The van der Waals surface area contributed by atoms with Gasteiger partial charge in [-0.15, -0.1) is 11.3 Å².